The van der Waals surface area contributed by atoms with Gasteiger partial charge in [0.25, 0.3) is 0 Å². The summed E-state index contributed by atoms with van der Waals surface area (Å²) in [5.41, 5.74) is 1.87. The number of hydrogen-bond donors (Lipinski definition) is 2. The maximum Gasteiger partial charge on any atom is 0.237 e. The smallest absolute Gasteiger partial charge is 0.237 e. The molecule has 92 valence electrons. The minimum atomic E-state index is -0.0900. The van der Waals surface area contributed by atoms with Crippen LogP contribution in [0.5, 0.6) is 0 Å². The van der Waals surface area contributed by atoms with E-state index in [9.17, 15) is 4.79 Å². The van der Waals surface area contributed by atoms with Crippen molar-refractivity contribution in [1.29, 1.82) is 0 Å². The van der Waals surface area contributed by atoms with Gasteiger partial charge in [0.1, 0.15) is 6.33 Å². The minimum Gasteiger partial charge on any atom is -0.355 e. The van der Waals surface area contributed by atoms with E-state index in [1.807, 2.05) is 13.0 Å². The number of rotatable bonds is 3. The van der Waals surface area contributed by atoms with Crippen molar-refractivity contribution in [3.8, 4) is 0 Å². The van der Waals surface area contributed by atoms with E-state index in [4.69, 9.17) is 0 Å². The second kappa shape index (κ2) is 5.72. The molecule has 1 fully saturated rings. The highest BCUT2D eigenvalue weighted by Crippen LogP contribution is 2.06. The monoisotopic (exact) mass is 234 g/mol. The molecule has 0 bridgehead atoms. The molecule has 1 aromatic rings. The lowest BCUT2D eigenvalue weighted by molar-refractivity contribution is -0.122. The summed E-state index contributed by atoms with van der Waals surface area (Å²) in [5.74, 6) is 0.105. The van der Waals surface area contributed by atoms with E-state index < -0.39 is 0 Å². The number of amides is 1. The van der Waals surface area contributed by atoms with Gasteiger partial charge in [-0.3, -0.25) is 4.79 Å². The van der Waals surface area contributed by atoms with Gasteiger partial charge in [-0.05, 0) is 32.3 Å². The van der Waals surface area contributed by atoms with E-state index in [0.29, 0.717) is 6.54 Å². The fourth-order valence-electron chi connectivity index (χ4n) is 1.97. The van der Waals surface area contributed by atoms with Gasteiger partial charge >= 0.3 is 0 Å². The summed E-state index contributed by atoms with van der Waals surface area (Å²) < 4.78 is 0. The highest BCUT2D eigenvalue weighted by Gasteiger charge is 2.19. The van der Waals surface area contributed by atoms with Crippen LogP contribution in [0.15, 0.2) is 12.4 Å². The molecule has 1 unspecified atom stereocenters. The molecule has 5 nitrogen and oxygen atoms in total. The molecule has 2 heterocycles. The number of nitrogens with zero attached hydrogens (tertiary/aromatic N) is 2. The van der Waals surface area contributed by atoms with E-state index in [2.05, 4.69) is 20.6 Å². The lowest BCUT2D eigenvalue weighted by Gasteiger charge is -2.14. The summed E-state index contributed by atoms with van der Waals surface area (Å²) in [7, 11) is 0. The zero-order chi connectivity index (χ0) is 12.1. The van der Waals surface area contributed by atoms with Gasteiger partial charge in [-0.1, -0.05) is 0 Å². The van der Waals surface area contributed by atoms with Crippen LogP contribution in [0, 0.1) is 6.92 Å². The number of hydrogen-bond acceptors (Lipinski definition) is 4. The van der Waals surface area contributed by atoms with Crippen molar-refractivity contribution in [1.82, 2.24) is 20.6 Å². The van der Waals surface area contributed by atoms with Crippen molar-refractivity contribution in [3.05, 3.63) is 23.8 Å². The third kappa shape index (κ3) is 3.49. The lowest BCUT2D eigenvalue weighted by Crippen LogP contribution is -2.42. The zero-order valence-corrected chi connectivity index (χ0v) is 10.1. The SMILES string of the molecule is Cc1cc(CNC2CCCCNC2=O)ncn1. The van der Waals surface area contributed by atoms with E-state index in [1.54, 1.807) is 6.33 Å². The summed E-state index contributed by atoms with van der Waals surface area (Å²) in [6.45, 7) is 3.34. The summed E-state index contributed by atoms with van der Waals surface area (Å²) >= 11 is 0. The van der Waals surface area contributed by atoms with Gasteiger partial charge in [-0.25, -0.2) is 9.97 Å². The molecule has 0 aliphatic carbocycles. The molecule has 0 spiro atoms. The topological polar surface area (TPSA) is 66.9 Å². The Morgan fingerprint density at radius 3 is 3.18 bits per heavy atom. The highest BCUT2D eigenvalue weighted by molar-refractivity contribution is 5.81. The van der Waals surface area contributed by atoms with Crippen molar-refractivity contribution in [2.75, 3.05) is 6.54 Å². The van der Waals surface area contributed by atoms with Crippen LogP contribution in [0.4, 0.5) is 0 Å². The fourth-order valence-corrected chi connectivity index (χ4v) is 1.97. The average molecular weight is 234 g/mol. The lowest BCUT2D eigenvalue weighted by atomic mass is 10.1. The van der Waals surface area contributed by atoms with Crippen molar-refractivity contribution in [3.63, 3.8) is 0 Å². The Kier molecular flexibility index (Phi) is 4.03. The van der Waals surface area contributed by atoms with Gasteiger partial charge < -0.3 is 10.6 Å². The molecule has 1 aromatic heterocycles. The van der Waals surface area contributed by atoms with Gasteiger partial charge in [-0.2, -0.15) is 0 Å². The first-order chi connectivity index (χ1) is 8.25. The van der Waals surface area contributed by atoms with E-state index in [0.717, 1.165) is 37.2 Å². The van der Waals surface area contributed by atoms with Gasteiger partial charge in [0.05, 0.1) is 11.7 Å². The summed E-state index contributed by atoms with van der Waals surface area (Å²) in [4.78, 5) is 19.9. The first-order valence-corrected chi connectivity index (χ1v) is 6.04. The van der Waals surface area contributed by atoms with E-state index >= 15 is 0 Å². The van der Waals surface area contributed by atoms with E-state index in [1.165, 1.54) is 0 Å². The quantitative estimate of drug-likeness (QED) is 0.801. The molecule has 1 aliphatic rings. The number of carbonyl (C=O) groups is 1. The number of aryl methyl sites for hydroxylation is 1. The van der Waals surface area contributed by atoms with Crippen LogP contribution in [0.25, 0.3) is 0 Å². The van der Waals surface area contributed by atoms with Crippen molar-refractivity contribution in [2.45, 2.75) is 38.8 Å². The Hall–Kier alpha value is -1.49. The first kappa shape index (κ1) is 12.0. The molecular formula is C12H18N4O. The van der Waals surface area contributed by atoms with Crippen LogP contribution < -0.4 is 10.6 Å². The Balaban J connectivity index is 1.90. The maximum atomic E-state index is 11.7. The molecule has 2 rings (SSSR count). The average Bonchev–Trinajstić information content (AvgIpc) is 2.52. The van der Waals surface area contributed by atoms with E-state index in [-0.39, 0.29) is 11.9 Å². The Bertz CT molecular complexity index is 394. The molecule has 1 amide bonds. The third-order valence-corrected chi connectivity index (χ3v) is 2.93. The number of nitrogens with one attached hydrogen (secondary N) is 2. The largest absolute Gasteiger partial charge is 0.355 e. The van der Waals surface area contributed by atoms with Crippen LogP contribution >= 0.6 is 0 Å². The zero-order valence-electron chi connectivity index (χ0n) is 10.1. The van der Waals surface area contributed by atoms with Crippen molar-refractivity contribution >= 4 is 5.91 Å². The highest BCUT2D eigenvalue weighted by atomic mass is 16.2. The summed E-state index contributed by atoms with van der Waals surface area (Å²) in [6, 6.07) is 1.84. The van der Waals surface area contributed by atoms with Gasteiger partial charge in [0.15, 0.2) is 0 Å². The molecule has 17 heavy (non-hydrogen) atoms. The van der Waals surface area contributed by atoms with Gasteiger partial charge in [0.2, 0.25) is 5.91 Å². The third-order valence-electron chi connectivity index (χ3n) is 2.93. The van der Waals surface area contributed by atoms with Crippen LogP contribution in [0.3, 0.4) is 0 Å². The number of aromatic nitrogens is 2. The molecule has 0 saturated carbocycles. The van der Waals surface area contributed by atoms with Gasteiger partial charge in [0, 0.05) is 18.8 Å². The van der Waals surface area contributed by atoms with Crippen LogP contribution in [0.1, 0.15) is 30.7 Å². The van der Waals surface area contributed by atoms with Crippen molar-refractivity contribution < 1.29 is 4.79 Å². The van der Waals surface area contributed by atoms with Crippen molar-refractivity contribution in [2.24, 2.45) is 0 Å². The first-order valence-electron chi connectivity index (χ1n) is 6.04. The molecule has 0 radical (unpaired) electrons. The molecule has 1 aliphatic heterocycles. The molecule has 2 N–H and O–H groups in total. The second-order valence-corrected chi connectivity index (χ2v) is 4.37. The Morgan fingerprint density at radius 2 is 2.35 bits per heavy atom. The second-order valence-electron chi connectivity index (χ2n) is 4.37. The predicted octanol–water partition coefficient (Wildman–Crippen LogP) is 0.543. The standard InChI is InChI=1S/C12H18N4O/c1-9-6-10(16-8-15-9)7-14-11-4-2-3-5-13-12(11)17/h6,8,11,14H,2-5,7H2,1H3,(H,13,17). The number of carbonyl (C=O) groups excluding carboxylic acids is 1. The molecular weight excluding hydrogens is 216 g/mol. The van der Waals surface area contributed by atoms with Crippen LogP contribution in [-0.2, 0) is 11.3 Å². The molecule has 0 aromatic carbocycles. The van der Waals surface area contributed by atoms with Gasteiger partial charge in [-0.15, -0.1) is 0 Å². The fraction of sp³-hybridized carbons (Fsp3) is 0.583. The predicted molar refractivity (Wildman–Crippen MR) is 64.3 cm³/mol. The molecule has 5 heteroatoms. The van der Waals surface area contributed by atoms with Crippen LogP contribution in [0.2, 0.25) is 0 Å². The minimum absolute atomic E-state index is 0.0900. The van der Waals surface area contributed by atoms with Crippen LogP contribution in [-0.4, -0.2) is 28.5 Å². The normalized spacial score (nSPS) is 20.8. The molecule has 1 atom stereocenters. The molecule has 1 saturated heterocycles. The maximum absolute atomic E-state index is 11.7. The summed E-state index contributed by atoms with van der Waals surface area (Å²) in [5, 5.41) is 6.16. The summed E-state index contributed by atoms with van der Waals surface area (Å²) in [6.07, 6.45) is 4.60. The Morgan fingerprint density at radius 1 is 1.47 bits per heavy atom. The Labute approximate surface area is 101 Å².